The van der Waals surface area contributed by atoms with Gasteiger partial charge in [0.2, 0.25) is 0 Å². The molecule has 2 heteroatoms. The molecule has 1 unspecified atom stereocenters. The van der Waals surface area contributed by atoms with Gasteiger partial charge in [-0.2, -0.15) is 0 Å². The molecule has 0 aliphatic carbocycles. The van der Waals surface area contributed by atoms with Crippen molar-refractivity contribution in [2.75, 3.05) is 6.16 Å². The summed E-state index contributed by atoms with van der Waals surface area (Å²) in [5.41, 5.74) is 4.01. The molecule has 0 spiro atoms. The molecule has 0 aliphatic heterocycles. The largest absolute Gasteiger partial charge is 0.824 e. The molecule has 0 aromatic heterocycles. The highest BCUT2D eigenvalue weighted by Crippen LogP contribution is 2.28. The minimum absolute atomic E-state index is 0.130. The van der Waals surface area contributed by atoms with E-state index in [9.17, 15) is 5.11 Å². The Morgan fingerprint density at radius 2 is 1.73 bits per heavy atom. The van der Waals surface area contributed by atoms with Crippen molar-refractivity contribution >= 4 is 13.7 Å². The van der Waals surface area contributed by atoms with Crippen LogP contribution in [0, 0.1) is 18.3 Å². The third-order valence-electron chi connectivity index (χ3n) is 3.83. The smallest absolute Gasteiger partial charge is 0.00899 e. The highest BCUT2D eigenvalue weighted by Gasteiger charge is 2.15. The maximum atomic E-state index is 12.5. The highest BCUT2D eigenvalue weighted by molar-refractivity contribution is 7.40. The van der Waals surface area contributed by atoms with Gasteiger partial charge in [0.25, 0.3) is 0 Å². The predicted octanol–water partition coefficient (Wildman–Crippen LogP) is 5.15. The van der Waals surface area contributed by atoms with E-state index in [1.807, 2.05) is 6.07 Å². The molecule has 0 radical (unpaired) electrons. The minimum Gasteiger partial charge on any atom is -0.824 e. The lowest BCUT2D eigenvalue weighted by Gasteiger charge is -2.24. The van der Waals surface area contributed by atoms with Crippen molar-refractivity contribution < 1.29 is 5.11 Å². The van der Waals surface area contributed by atoms with Gasteiger partial charge in [-0.15, -0.1) is 13.7 Å². The normalized spacial score (nSPS) is 15.0. The summed E-state index contributed by atoms with van der Waals surface area (Å²) in [4.78, 5) is 0. The van der Waals surface area contributed by atoms with Crippen molar-refractivity contribution in [3.8, 4) is 0 Å². The monoisotopic (exact) mass is 319 g/mol. The summed E-state index contributed by atoms with van der Waals surface area (Å²) in [6.07, 6.45) is 2.12. The van der Waals surface area contributed by atoms with E-state index in [-0.39, 0.29) is 10.9 Å². The molecule has 1 rings (SSSR count). The summed E-state index contributed by atoms with van der Waals surface area (Å²) in [6.45, 7) is 17.7. The zero-order valence-electron chi connectivity index (χ0n) is 15.6. The molecular formula is C20H32OP-. The van der Waals surface area contributed by atoms with E-state index >= 15 is 0 Å². The molecule has 1 aromatic carbocycles. The van der Waals surface area contributed by atoms with Gasteiger partial charge < -0.3 is 5.11 Å². The Balaban J connectivity index is 2.85. The van der Waals surface area contributed by atoms with E-state index in [0.29, 0.717) is 11.3 Å². The molecule has 0 fully saturated rings. The van der Waals surface area contributed by atoms with Gasteiger partial charge in [-0.1, -0.05) is 66.7 Å². The number of hydrogen-bond acceptors (Lipinski definition) is 1. The van der Waals surface area contributed by atoms with E-state index in [1.165, 1.54) is 5.56 Å². The zero-order chi connectivity index (χ0) is 17.1. The molecule has 0 N–H and O–H groups in total. The summed E-state index contributed by atoms with van der Waals surface area (Å²) in [6, 6.07) is 6.29. The van der Waals surface area contributed by atoms with Crippen molar-refractivity contribution in [3.05, 3.63) is 34.9 Å². The van der Waals surface area contributed by atoms with Crippen LogP contribution in [0.15, 0.2) is 18.2 Å². The van der Waals surface area contributed by atoms with Gasteiger partial charge in [0.05, 0.1) is 0 Å². The summed E-state index contributed by atoms with van der Waals surface area (Å²) >= 11 is 0. The molecule has 0 saturated heterocycles. The Kier molecular flexibility index (Phi) is 6.42. The summed E-state index contributed by atoms with van der Waals surface area (Å²) in [5.74, 6) is 0.583. The molecule has 1 nitrogen and oxygen atoms in total. The van der Waals surface area contributed by atoms with Gasteiger partial charge in [0.15, 0.2) is 0 Å². The van der Waals surface area contributed by atoms with Crippen LogP contribution in [-0.2, 0) is 5.41 Å². The fourth-order valence-electron chi connectivity index (χ4n) is 2.80. The number of rotatable bonds is 4. The molecule has 0 aliphatic rings. The highest BCUT2D eigenvalue weighted by atomic mass is 31.1. The number of hydrogen-bond donors (Lipinski definition) is 0. The maximum absolute atomic E-state index is 12.5. The topological polar surface area (TPSA) is 23.1 Å². The Hall–Kier alpha value is -0.650. The third kappa shape index (κ3) is 6.23. The molecule has 0 bridgehead atoms. The molecular weight excluding hydrogens is 287 g/mol. The number of benzene rings is 1. The van der Waals surface area contributed by atoms with E-state index in [2.05, 4.69) is 67.5 Å². The summed E-state index contributed by atoms with van der Waals surface area (Å²) < 4.78 is 0. The second-order valence-corrected chi connectivity index (χ2v) is 9.88. The van der Waals surface area contributed by atoms with E-state index in [4.69, 9.17) is 0 Å². The summed E-state index contributed by atoms with van der Waals surface area (Å²) in [5, 5.41) is 12.5. The maximum Gasteiger partial charge on any atom is -0.00899 e. The van der Waals surface area contributed by atoms with Crippen LogP contribution in [0.1, 0.15) is 71.6 Å². The first-order chi connectivity index (χ1) is 9.90. The fourth-order valence-corrected chi connectivity index (χ4v) is 3.83. The van der Waals surface area contributed by atoms with Gasteiger partial charge in [-0.25, -0.2) is 0 Å². The quantitative estimate of drug-likeness (QED) is 0.704. The van der Waals surface area contributed by atoms with Gasteiger partial charge in [-0.05, 0) is 52.9 Å². The first kappa shape index (κ1) is 19.4. The van der Waals surface area contributed by atoms with Crippen LogP contribution in [0.3, 0.4) is 0 Å². The number of aryl methyl sites for hydroxylation is 1. The van der Waals surface area contributed by atoms with Gasteiger partial charge in [0.1, 0.15) is 0 Å². The SMILES string of the molecule is Cc1cc(C(C)(C)C)ccc1C([O-])=PCC(C)CC(C)(C)C. The average Bonchev–Trinajstić information content (AvgIpc) is 2.32. The minimum atomic E-state index is 0.130. The van der Waals surface area contributed by atoms with E-state index in [0.717, 1.165) is 31.9 Å². The van der Waals surface area contributed by atoms with Crippen molar-refractivity contribution in [1.82, 2.24) is 0 Å². The lowest BCUT2D eigenvalue weighted by molar-refractivity contribution is -0.207. The molecule has 124 valence electrons. The lowest BCUT2D eigenvalue weighted by atomic mass is 9.85. The first-order valence-corrected chi connectivity index (χ1v) is 9.31. The Labute approximate surface area is 139 Å². The van der Waals surface area contributed by atoms with Crippen molar-refractivity contribution in [1.29, 1.82) is 0 Å². The van der Waals surface area contributed by atoms with Crippen molar-refractivity contribution in [3.63, 3.8) is 0 Å². The van der Waals surface area contributed by atoms with Crippen LogP contribution < -0.4 is 5.11 Å². The standard InChI is InChI=1S/C20H33OP/c1-14(12-19(3,4)5)13-22-18(21)17-10-9-16(11-15(17)2)20(6,7)8/h9-11,14,21H,12-13H2,1-8H3/p-1. The Morgan fingerprint density at radius 1 is 1.14 bits per heavy atom. The molecule has 22 heavy (non-hydrogen) atoms. The van der Waals surface area contributed by atoms with Gasteiger partial charge in [-0.3, -0.25) is 0 Å². The molecule has 1 aromatic rings. The Morgan fingerprint density at radius 3 is 2.18 bits per heavy atom. The van der Waals surface area contributed by atoms with Crippen LogP contribution in [0.2, 0.25) is 0 Å². The van der Waals surface area contributed by atoms with Crippen molar-refractivity contribution in [2.45, 2.75) is 67.2 Å². The molecule has 0 heterocycles. The van der Waals surface area contributed by atoms with Crippen LogP contribution in [0.4, 0.5) is 0 Å². The first-order valence-electron chi connectivity index (χ1n) is 8.23. The van der Waals surface area contributed by atoms with Crippen LogP contribution >= 0.6 is 8.20 Å². The van der Waals surface area contributed by atoms with Crippen molar-refractivity contribution in [2.24, 2.45) is 11.3 Å². The third-order valence-corrected chi connectivity index (χ3v) is 5.16. The van der Waals surface area contributed by atoms with Crippen LogP contribution in [-0.4, -0.2) is 11.6 Å². The van der Waals surface area contributed by atoms with Gasteiger partial charge in [0, 0.05) is 0 Å². The van der Waals surface area contributed by atoms with Crippen LogP contribution in [0.5, 0.6) is 0 Å². The van der Waals surface area contributed by atoms with E-state index < -0.39 is 0 Å². The zero-order valence-corrected chi connectivity index (χ0v) is 16.5. The summed E-state index contributed by atoms with van der Waals surface area (Å²) in [7, 11) is 0.929. The molecule has 1 atom stereocenters. The Bertz CT molecular complexity index is 530. The van der Waals surface area contributed by atoms with Crippen LogP contribution in [0.25, 0.3) is 0 Å². The molecule has 0 saturated carbocycles. The lowest BCUT2D eigenvalue weighted by Crippen LogP contribution is -2.20. The predicted molar refractivity (Wildman–Crippen MR) is 99.0 cm³/mol. The fraction of sp³-hybridized carbons (Fsp3) is 0.650. The second-order valence-electron chi connectivity index (χ2n) is 8.80. The van der Waals surface area contributed by atoms with E-state index in [1.54, 1.807) is 0 Å². The molecule has 0 amide bonds. The second kappa shape index (κ2) is 7.28. The van der Waals surface area contributed by atoms with Gasteiger partial charge >= 0.3 is 0 Å². The average molecular weight is 319 g/mol.